The number of thiazole rings is 1. The third-order valence-corrected chi connectivity index (χ3v) is 4.32. The maximum atomic E-state index is 11.9. The minimum atomic E-state index is -0.154. The second-order valence-electron chi connectivity index (χ2n) is 4.89. The maximum Gasteiger partial charge on any atom is 0.315 e. The second kappa shape index (κ2) is 7.17. The number of carbonyl (C=O) groups excluding carboxylic acids is 1. The number of hydrogen-bond donors (Lipinski definition) is 2. The summed E-state index contributed by atoms with van der Waals surface area (Å²) in [6, 6.07) is 3.60. The van der Waals surface area contributed by atoms with Crippen molar-refractivity contribution in [2.24, 2.45) is 0 Å². The predicted molar refractivity (Wildman–Crippen MR) is 84.5 cm³/mol. The molecule has 0 unspecified atom stereocenters. The van der Waals surface area contributed by atoms with Gasteiger partial charge in [-0.15, -0.1) is 11.3 Å². The fraction of sp³-hybridized carbons (Fsp3) is 0.400. The smallest absolute Gasteiger partial charge is 0.315 e. The van der Waals surface area contributed by atoms with Crippen LogP contribution in [0.25, 0.3) is 0 Å². The monoisotopic (exact) mass is 304 g/mol. The number of nitrogens with zero attached hydrogens (tertiary/aromatic N) is 2. The predicted octanol–water partition coefficient (Wildman–Crippen LogP) is 2.76. The van der Waals surface area contributed by atoms with Gasteiger partial charge in [-0.3, -0.25) is 4.98 Å². The Hall–Kier alpha value is -1.95. The Labute approximate surface area is 128 Å². The van der Waals surface area contributed by atoms with Gasteiger partial charge in [0.1, 0.15) is 0 Å². The van der Waals surface area contributed by atoms with Gasteiger partial charge < -0.3 is 10.6 Å². The lowest BCUT2D eigenvalue weighted by Gasteiger charge is -2.14. The van der Waals surface area contributed by atoms with Crippen LogP contribution in [0.15, 0.2) is 24.5 Å². The van der Waals surface area contributed by atoms with Gasteiger partial charge in [0.2, 0.25) is 0 Å². The number of nitrogens with one attached hydrogen (secondary N) is 2. The zero-order chi connectivity index (χ0) is 15.2. The third-order valence-electron chi connectivity index (χ3n) is 3.19. The van der Waals surface area contributed by atoms with Crippen LogP contribution < -0.4 is 10.6 Å². The number of urea groups is 1. The average molecular weight is 304 g/mol. The fourth-order valence-corrected chi connectivity index (χ4v) is 3.01. The lowest BCUT2D eigenvalue weighted by atomic mass is 10.1. The quantitative estimate of drug-likeness (QED) is 0.892. The molecule has 0 radical (unpaired) electrons. The summed E-state index contributed by atoms with van der Waals surface area (Å²) in [6.07, 6.45) is 4.26. The molecule has 2 N–H and O–H groups in total. The SMILES string of the molecule is Cc1nc(C)c(CCNC(=O)N[C@@H](C)c2ccncc2)s1. The number of carbonyl (C=O) groups is 1. The Morgan fingerprint density at radius 1 is 1.33 bits per heavy atom. The summed E-state index contributed by atoms with van der Waals surface area (Å²) in [5, 5.41) is 6.86. The van der Waals surface area contributed by atoms with Gasteiger partial charge in [-0.2, -0.15) is 0 Å². The van der Waals surface area contributed by atoms with Crippen molar-refractivity contribution in [1.82, 2.24) is 20.6 Å². The lowest BCUT2D eigenvalue weighted by Crippen LogP contribution is -2.38. The normalized spacial score (nSPS) is 12.0. The molecule has 0 bridgehead atoms. The van der Waals surface area contributed by atoms with Gasteiger partial charge in [-0.1, -0.05) is 0 Å². The van der Waals surface area contributed by atoms with Gasteiger partial charge in [0.25, 0.3) is 0 Å². The molecule has 1 atom stereocenters. The van der Waals surface area contributed by atoms with Crippen molar-refractivity contribution in [3.05, 3.63) is 45.7 Å². The van der Waals surface area contributed by atoms with E-state index >= 15 is 0 Å². The molecule has 0 aliphatic carbocycles. The first-order valence-corrected chi connectivity index (χ1v) is 7.75. The van der Waals surface area contributed by atoms with Crippen LogP contribution in [0.2, 0.25) is 0 Å². The highest BCUT2D eigenvalue weighted by Gasteiger charge is 2.09. The van der Waals surface area contributed by atoms with Crippen molar-refractivity contribution in [2.75, 3.05) is 6.54 Å². The van der Waals surface area contributed by atoms with E-state index in [1.54, 1.807) is 23.7 Å². The summed E-state index contributed by atoms with van der Waals surface area (Å²) >= 11 is 1.69. The van der Waals surface area contributed by atoms with E-state index in [0.29, 0.717) is 6.54 Å². The van der Waals surface area contributed by atoms with Crippen LogP contribution in [0.4, 0.5) is 4.79 Å². The Morgan fingerprint density at radius 2 is 2.05 bits per heavy atom. The topological polar surface area (TPSA) is 66.9 Å². The van der Waals surface area contributed by atoms with Gasteiger partial charge in [0.05, 0.1) is 16.7 Å². The third kappa shape index (κ3) is 4.53. The molecule has 2 rings (SSSR count). The summed E-state index contributed by atoms with van der Waals surface area (Å²) in [5.41, 5.74) is 2.10. The number of pyridine rings is 1. The molecule has 2 aromatic heterocycles. The van der Waals surface area contributed by atoms with Crippen LogP contribution in [0.1, 0.15) is 34.1 Å². The molecular weight excluding hydrogens is 284 g/mol. The van der Waals surface area contributed by atoms with E-state index in [9.17, 15) is 4.79 Å². The van der Waals surface area contributed by atoms with Crippen LogP contribution >= 0.6 is 11.3 Å². The number of aryl methyl sites for hydroxylation is 2. The first-order valence-electron chi connectivity index (χ1n) is 6.93. The largest absolute Gasteiger partial charge is 0.338 e. The van der Waals surface area contributed by atoms with Crippen molar-refractivity contribution >= 4 is 17.4 Å². The minimum Gasteiger partial charge on any atom is -0.338 e. The summed E-state index contributed by atoms with van der Waals surface area (Å²) in [5.74, 6) is 0. The molecule has 0 spiro atoms. The molecule has 112 valence electrons. The summed E-state index contributed by atoms with van der Waals surface area (Å²) in [4.78, 5) is 21.4. The van der Waals surface area contributed by atoms with Crippen LogP contribution in [-0.4, -0.2) is 22.5 Å². The van der Waals surface area contributed by atoms with Crippen molar-refractivity contribution in [1.29, 1.82) is 0 Å². The second-order valence-corrected chi connectivity index (χ2v) is 6.18. The van der Waals surface area contributed by atoms with E-state index in [1.807, 2.05) is 32.9 Å². The number of rotatable bonds is 5. The number of aromatic nitrogens is 2. The van der Waals surface area contributed by atoms with Gasteiger partial charge in [-0.25, -0.2) is 9.78 Å². The number of amides is 2. The van der Waals surface area contributed by atoms with E-state index in [-0.39, 0.29) is 12.1 Å². The van der Waals surface area contributed by atoms with Crippen molar-refractivity contribution in [3.63, 3.8) is 0 Å². The highest BCUT2D eigenvalue weighted by atomic mass is 32.1. The molecule has 5 nitrogen and oxygen atoms in total. The summed E-state index contributed by atoms with van der Waals surface area (Å²) < 4.78 is 0. The van der Waals surface area contributed by atoms with E-state index in [1.165, 1.54) is 4.88 Å². The standard InChI is InChI=1S/C15H20N4OS/c1-10(13-4-7-16-8-5-13)19-15(20)17-9-6-14-11(2)18-12(3)21-14/h4-5,7-8,10H,6,9H2,1-3H3,(H2,17,19,20)/t10-/m0/s1. The molecule has 2 aromatic rings. The van der Waals surface area contributed by atoms with Gasteiger partial charge >= 0.3 is 6.03 Å². The van der Waals surface area contributed by atoms with E-state index in [0.717, 1.165) is 22.7 Å². The minimum absolute atomic E-state index is 0.0413. The Balaban J connectivity index is 1.76. The van der Waals surface area contributed by atoms with Crippen molar-refractivity contribution in [3.8, 4) is 0 Å². The molecule has 21 heavy (non-hydrogen) atoms. The zero-order valence-corrected chi connectivity index (χ0v) is 13.3. The highest BCUT2D eigenvalue weighted by molar-refractivity contribution is 7.11. The molecule has 6 heteroatoms. The maximum absolute atomic E-state index is 11.9. The van der Waals surface area contributed by atoms with E-state index in [2.05, 4.69) is 20.6 Å². The average Bonchev–Trinajstić information content (AvgIpc) is 2.78. The van der Waals surface area contributed by atoms with Gasteiger partial charge in [-0.05, 0) is 38.5 Å². The van der Waals surface area contributed by atoms with E-state index < -0.39 is 0 Å². The van der Waals surface area contributed by atoms with Crippen LogP contribution in [0, 0.1) is 13.8 Å². The lowest BCUT2D eigenvalue weighted by molar-refractivity contribution is 0.238. The molecule has 2 amide bonds. The van der Waals surface area contributed by atoms with Crippen LogP contribution in [0.3, 0.4) is 0 Å². The molecule has 0 saturated heterocycles. The Kier molecular flexibility index (Phi) is 5.27. The first kappa shape index (κ1) is 15.4. The fourth-order valence-electron chi connectivity index (χ4n) is 2.08. The molecular formula is C15H20N4OS. The summed E-state index contributed by atoms with van der Waals surface area (Å²) in [6.45, 7) is 6.56. The van der Waals surface area contributed by atoms with E-state index in [4.69, 9.17) is 0 Å². The highest BCUT2D eigenvalue weighted by Crippen LogP contribution is 2.17. The molecule has 0 fully saturated rings. The van der Waals surface area contributed by atoms with Gasteiger partial charge in [0, 0.05) is 30.2 Å². The molecule has 0 aliphatic rings. The molecule has 0 saturated carbocycles. The zero-order valence-electron chi connectivity index (χ0n) is 12.5. The Bertz CT molecular complexity index is 597. The Morgan fingerprint density at radius 3 is 2.67 bits per heavy atom. The summed E-state index contributed by atoms with van der Waals surface area (Å²) in [7, 11) is 0. The first-order chi connectivity index (χ1) is 10.1. The van der Waals surface area contributed by atoms with Crippen LogP contribution in [0.5, 0.6) is 0 Å². The molecule has 0 aliphatic heterocycles. The van der Waals surface area contributed by atoms with Gasteiger partial charge in [0.15, 0.2) is 0 Å². The van der Waals surface area contributed by atoms with Crippen molar-refractivity contribution < 1.29 is 4.79 Å². The molecule has 0 aromatic carbocycles. The van der Waals surface area contributed by atoms with Crippen molar-refractivity contribution in [2.45, 2.75) is 33.2 Å². The molecule has 2 heterocycles. The van der Waals surface area contributed by atoms with Crippen LogP contribution in [-0.2, 0) is 6.42 Å². The number of hydrogen-bond acceptors (Lipinski definition) is 4.